The van der Waals surface area contributed by atoms with Crippen molar-refractivity contribution < 1.29 is 0 Å². The van der Waals surface area contributed by atoms with E-state index in [1.165, 1.54) is 31.5 Å². The predicted octanol–water partition coefficient (Wildman–Crippen LogP) is 2.79. The zero-order valence-electron chi connectivity index (χ0n) is 9.69. The van der Waals surface area contributed by atoms with E-state index in [0.717, 1.165) is 18.0 Å². The molecule has 0 radical (unpaired) electrons. The zero-order chi connectivity index (χ0) is 10.4. The largest absolute Gasteiger partial charge is 0.352 e. The molecule has 0 spiro atoms. The van der Waals surface area contributed by atoms with Gasteiger partial charge in [0.2, 0.25) is 0 Å². The van der Waals surface area contributed by atoms with E-state index in [1.54, 1.807) is 0 Å². The summed E-state index contributed by atoms with van der Waals surface area (Å²) in [6, 6.07) is 5.96. The number of aryl methyl sites for hydroxylation is 1. The van der Waals surface area contributed by atoms with Gasteiger partial charge in [-0.05, 0) is 50.7 Å². The normalized spacial score (nSPS) is 34.8. The maximum atomic E-state index is 2.66. The average Bonchev–Trinajstić information content (AvgIpc) is 2.66. The lowest BCUT2D eigenvalue weighted by atomic mass is 9.75. The Morgan fingerprint density at radius 2 is 1.93 bits per heavy atom. The fourth-order valence-electron chi connectivity index (χ4n) is 3.54. The molecule has 0 N–H and O–H groups in total. The zero-order valence-corrected chi connectivity index (χ0v) is 9.69. The molecule has 3 heterocycles. The van der Waals surface area contributed by atoms with Crippen molar-refractivity contribution in [2.24, 2.45) is 13.0 Å². The van der Waals surface area contributed by atoms with Gasteiger partial charge in [-0.15, -0.1) is 0 Å². The Hall–Kier alpha value is -0.920. The summed E-state index contributed by atoms with van der Waals surface area (Å²) in [6.45, 7) is 2.41. The van der Waals surface area contributed by atoms with Gasteiger partial charge in [-0.3, -0.25) is 0 Å². The van der Waals surface area contributed by atoms with Crippen LogP contribution in [-0.2, 0) is 7.05 Å². The lowest BCUT2D eigenvalue weighted by Crippen LogP contribution is -2.54. The number of piperidine rings is 2. The number of hydrogen-bond donors (Lipinski definition) is 0. The molecule has 0 aromatic carbocycles. The van der Waals surface area contributed by atoms with Crippen LogP contribution in [-0.4, -0.2) is 16.7 Å². The van der Waals surface area contributed by atoms with Gasteiger partial charge in [0.25, 0.3) is 0 Å². The monoisotopic (exact) mass is 204 g/mol. The maximum absolute atomic E-state index is 2.66. The Balaban J connectivity index is 1.95. The highest BCUT2D eigenvalue weighted by atomic mass is 15.3. The van der Waals surface area contributed by atoms with Crippen molar-refractivity contribution >= 4 is 5.82 Å². The van der Waals surface area contributed by atoms with Crippen LogP contribution in [0.3, 0.4) is 0 Å². The van der Waals surface area contributed by atoms with Crippen molar-refractivity contribution in [2.45, 2.75) is 44.7 Å². The summed E-state index contributed by atoms with van der Waals surface area (Å²) in [5, 5.41) is 0. The van der Waals surface area contributed by atoms with E-state index in [0.29, 0.717) is 0 Å². The minimum atomic E-state index is 0.742. The molecule has 4 rings (SSSR count). The number of anilines is 1. The van der Waals surface area contributed by atoms with Gasteiger partial charge in [0.05, 0.1) is 0 Å². The first-order valence-corrected chi connectivity index (χ1v) is 6.17. The topological polar surface area (TPSA) is 8.17 Å². The third kappa shape index (κ3) is 1.30. The standard InChI is InChI=1S/C13H20N2/c1-10-11-5-7-12(8-6-11)15(10)13-4-3-9-14(13)2/h3-4,9-12H,5-8H2,1-2H3/t10-,11?,12?/m0/s1. The van der Waals surface area contributed by atoms with Gasteiger partial charge < -0.3 is 9.47 Å². The molecule has 2 heteroatoms. The third-order valence-corrected chi connectivity index (χ3v) is 4.44. The van der Waals surface area contributed by atoms with Crippen molar-refractivity contribution in [3.8, 4) is 0 Å². The smallest absolute Gasteiger partial charge is 0.108 e. The molecule has 2 nitrogen and oxygen atoms in total. The average molecular weight is 204 g/mol. The van der Waals surface area contributed by atoms with Gasteiger partial charge in [0, 0.05) is 25.3 Å². The molecule has 2 aliphatic heterocycles. The minimum Gasteiger partial charge on any atom is -0.352 e. The quantitative estimate of drug-likeness (QED) is 0.683. The summed E-state index contributed by atoms with van der Waals surface area (Å²) in [5.74, 6) is 2.35. The molecule has 1 atom stereocenters. The summed E-state index contributed by atoms with van der Waals surface area (Å²) < 4.78 is 2.26. The van der Waals surface area contributed by atoms with Crippen LogP contribution in [0.15, 0.2) is 18.3 Å². The highest BCUT2D eigenvalue weighted by molar-refractivity contribution is 5.44. The van der Waals surface area contributed by atoms with E-state index in [1.807, 2.05) is 0 Å². The molecule has 3 aliphatic rings. The molecule has 1 saturated carbocycles. The summed E-state index contributed by atoms with van der Waals surface area (Å²) in [7, 11) is 2.16. The summed E-state index contributed by atoms with van der Waals surface area (Å²) in [4.78, 5) is 2.66. The van der Waals surface area contributed by atoms with Crippen LogP contribution in [0.2, 0.25) is 0 Å². The van der Waals surface area contributed by atoms with Crippen LogP contribution in [0.5, 0.6) is 0 Å². The first-order chi connectivity index (χ1) is 7.27. The molecule has 2 saturated heterocycles. The molecule has 2 bridgehead atoms. The van der Waals surface area contributed by atoms with E-state index in [2.05, 4.69) is 41.8 Å². The van der Waals surface area contributed by atoms with Gasteiger partial charge in [0.15, 0.2) is 0 Å². The van der Waals surface area contributed by atoms with Crippen molar-refractivity contribution in [1.82, 2.24) is 4.57 Å². The van der Waals surface area contributed by atoms with Crippen molar-refractivity contribution in [1.29, 1.82) is 0 Å². The van der Waals surface area contributed by atoms with E-state index in [4.69, 9.17) is 0 Å². The van der Waals surface area contributed by atoms with E-state index < -0.39 is 0 Å². The molecular formula is C13H20N2. The van der Waals surface area contributed by atoms with Gasteiger partial charge >= 0.3 is 0 Å². The Morgan fingerprint density at radius 3 is 2.47 bits per heavy atom. The van der Waals surface area contributed by atoms with Crippen LogP contribution < -0.4 is 4.90 Å². The molecule has 0 unspecified atom stereocenters. The lowest BCUT2D eigenvalue weighted by Gasteiger charge is -2.51. The highest BCUT2D eigenvalue weighted by Gasteiger charge is 2.39. The molecule has 1 aromatic heterocycles. The minimum absolute atomic E-state index is 0.742. The Morgan fingerprint density at radius 1 is 1.20 bits per heavy atom. The molecule has 0 amide bonds. The predicted molar refractivity (Wildman–Crippen MR) is 63.1 cm³/mol. The number of hydrogen-bond acceptors (Lipinski definition) is 1. The lowest BCUT2D eigenvalue weighted by molar-refractivity contribution is 0.198. The molecule has 1 aromatic rings. The van der Waals surface area contributed by atoms with E-state index in [-0.39, 0.29) is 0 Å². The third-order valence-electron chi connectivity index (χ3n) is 4.44. The molecule has 15 heavy (non-hydrogen) atoms. The second kappa shape index (κ2) is 3.29. The van der Waals surface area contributed by atoms with E-state index >= 15 is 0 Å². The van der Waals surface area contributed by atoms with Gasteiger partial charge in [0.1, 0.15) is 5.82 Å². The van der Waals surface area contributed by atoms with Crippen LogP contribution in [0.4, 0.5) is 5.82 Å². The molecule has 1 aliphatic carbocycles. The van der Waals surface area contributed by atoms with Crippen molar-refractivity contribution in [3.63, 3.8) is 0 Å². The Labute approximate surface area is 91.9 Å². The maximum Gasteiger partial charge on any atom is 0.108 e. The van der Waals surface area contributed by atoms with Gasteiger partial charge in [-0.1, -0.05) is 0 Å². The first-order valence-electron chi connectivity index (χ1n) is 6.17. The number of nitrogens with zero attached hydrogens (tertiary/aromatic N) is 2. The first kappa shape index (κ1) is 9.32. The fraction of sp³-hybridized carbons (Fsp3) is 0.692. The summed E-state index contributed by atoms with van der Waals surface area (Å²) in [6.07, 6.45) is 7.87. The van der Waals surface area contributed by atoms with Gasteiger partial charge in [-0.25, -0.2) is 0 Å². The van der Waals surface area contributed by atoms with E-state index in [9.17, 15) is 0 Å². The van der Waals surface area contributed by atoms with Crippen LogP contribution >= 0.6 is 0 Å². The fourth-order valence-corrected chi connectivity index (χ4v) is 3.54. The van der Waals surface area contributed by atoms with Crippen molar-refractivity contribution in [3.05, 3.63) is 18.3 Å². The molecular weight excluding hydrogens is 184 g/mol. The van der Waals surface area contributed by atoms with Gasteiger partial charge in [-0.2, -0.15) is 0 Å². The van der Waals surface area contributed by atoms with Crippen LogP contribution in [0.1, 0.15) is 32.6 Å². The number of aromatic nitrogens is 1. The second-order valence-electron chi connectivity index (χ2n) is 5.19. The number of fused-ring (bicyclic) bond motifs is 3. The molecule has 82 valence electrons. The van der Waals surface area contributed by atoms with Crippen molar-refractivity contribution in [2.75, 3.05) is 4.90 Å². The second-order valence-corrected chi connectivity index (χ2v) is 5.19. The molecule has 3 fully saturated rings. The highest BCUT2D eigenvalue weighted by Crippen LogP contribution is 2.41. The Bertz CT molecular complexity index is 345. The number of rotatable bonds is 1. The SMILES string of the molecule is C[C@H]1C2CCC(CC2)N1c1cccn1C. The van der Waals surface area contributed by atoms with Crippen LogP contribution in [0, 0.1) is 5.92 Å². The Kier molecular flexibility index (Phi) is 2.04. The summed E-state index contributed by atoms with van der Waals surface area (Å²) >= 11 is 0. The summed E-state index contributed by atoms with van der Waals surface area (Å²) in [5.41, 5.74) is 0. The van der Waals surface area contributed by atoms with Crippen LogP contribution in [0.25, 0.3) is 0 Å².